The summed E-state index contributed by atoms with van der Waals surface area (Å²) < 4.78 is 0. The molecule has 3 rings (SSSR count). The molecule has 3 fully saturated rings. The van der Waals surface area contributed by atoms with Crippen LogP contribution in [0.15, 0.2) is 0 Å². The fourth-order valence-corrected chi connectivity index (χ4v) is 5.35. The van der Waals surface area contributed by atoms with Crippen LogP contribution in [0.3, 0.4) is 0 Å². The van der Waals surface area contributed by atoms with Gasteiger partial charge in [-0.25, -0.2) is 0 Å². The minimum atomic E-state index is -0.359. The number of hydrogen-bond acceptors (Lipinski definition) is 1. The summed E-state index contributed by atoms with van der Waals surface area (Å²) in [5, 5.41) is 10.4. The molecule has 1 heteroatoms. The fraction of sp³-hybridized carbons (Fsp3) is 1.00. The summed E-state index contributed by atoms with van der Waals surface area (Å²) in [5.41, 5.74) is 1.09. The van der Waals surface area contributed by atoms with Crippen LogP contribution in [0, 0.1) is 22.2 Å². The van der Waals surface area contributed by atoms with Gasteiger partial charge in [0.05, 0.1) is 5.60 Å². The highest BCUT2D eigenvalue weighted by atomic mass is 16.3. The lowest BCUT2D eigenvalue weighted by atomic mass is 9.59. The van der Waals surface area contributed by atoms with E-state index in [0.29, 0.717) is 22.2 Å². The third-order valence-corrected chi connectivity index (χ3v) is 6.97. The van der Waals surface area contributed by atoms with Crippen molar-refractivity contribution in [3.05, 3.63) is 0 Å². The molecular formula is C15H26O. The minimum absolute atomic E-state index is 0.359. The lowest BCUT2D eigenvalue weighted by Gasteiger charge is -2.45. The Balaban J connectivity index is 1.96. The molecule has 0 spiro atoms. The van der Waals surface area contributed by atoms with E-state index in [9.17, 15) is 5.11 Å². The molecule has 3 aliphatic rings. The van der Waals surface area contributed by atoms with Gasteiger partial charge in [0.25, 0.3) is 0 Å². The molecule has 1 nitrogen and oxygen atoms in total. The second kappa shape index (κ2) is 2.68. The van der Waals surface area contributed by atoms with Crippen molar-refractivity contribution in [1.82, 2.24) is 0 Å². The third kappa shape index (κ3) is 1.02. The Morgan fingerprint density at radius 1 is 0.938 bits per heavy atom. The lowest BCUT2D eigenvalue weighted by molar-refractivity contribution is 0.0142. The summed E-state index contributed by atoms with van der Waals surface area (Å²) in [6, 6.07) is 0. The van der Waals surface area contributed by atoms with Gasteiger partial charge in [0, 0.05) is 0 Å². The highest BCUT2D eigenvalue weighted by Gasteiger charge is 2.75. The second-order valence-corrected chi connectivity index (χ2v) is 7.84. The number of aliphatic hydroxyl groups is 1. The first-order valence-corrected chi connectivity index (χ1v) is 6.98. The van der Waals surface area contributed by atoms with E-state index >= 15 is 0 Å². The molecule has 0 amide bonds. The molecule has 0 aromatic heterocycles. The molecule has 1 N–H and O–H groups in total. The first-order chi connectivity index (χ1) is 7.25. The van der Waals surface area contributed by atoms with Gasteiger partial charge >= 0.3 is 0 Å². The van der Waals surface area contributed by atoms with E-state index in [2.05, 4.69) is 27.7 Å². The van der Waals surface area contributed by atoms with E-state index in [1.165, 1.54) is 32.1 Å². The maximum atomic E-state index is 10.4. The van der Waals surface area contributed by atoms with Crippen molar-refractivity contribution in [1.29, 1.82) is 0 Å². The fourth-order valence-electron chi connectivity index (χ4n) is 5.35. The Morgan fingerprint density at radius 3 is 2.00 bits per heavy atom. The Kier molecular flexibility index (Phi) is 1.86. The van der Waals surface area contributed by atoms with Crippen molar-refractivity contribution in [2.45, 2.75) is 71.8 Å². The normalized spacial score (nSPS) is 58.7. The number of hydrogen-bond donors (Lipinski definition) is 1. The maximum absolute atomic E-state index is 10.4. The summed E-state index contributed by atoms with van der Waals surface area (Å²) in [6.07, 6.45) is 7.74. The molecule has 0 radical (unpaired) electrons. The largest absolute Gasteiger partial charge is 0.390 e. The lowest BCUT2D eigenvalue weighted by Crippen LogP contribution is -2.39. The second-order valence-electron chi connectivity index (χ2n) is 7.84. The van der Waals surface area contributed by atoms with Gasteiger partial charge in [-0.1, -0.05) is 27.2 Å². The molecule has 0 saturated heterocycles. The molecule has 3 saturated carbocycles. The topological polar surface area (TPSA) is 20.2 Å². The van der Waals surface area contributed by atoms with Crippen molar-refractivity contribution in [3.63, 3.8) is 0 Å². The van der Waals surface area contributed by atoms with Crippen LogP contribution in [0.25, 0.3) is 0 Å². The van der Waals surface area contributed by atoms with Crippen LogP contribution in [0.1, 0.15) is 66.2 Å². The average molecular weight is 222 g/mol. The maximum Gasteiger partial charge on any atom is 0.0653 e. The van der Waals surface area contributed by atoms with E-state index in [4.69, 9.17) is 0 Å². The molecule has 0 aliphatic heterocycles. The standard InChI is InChI=1S/C15H26O/c1-12(2)6-5-7-14(12,4)15-9-8-13(3,16)11(15)10-15/h11,16H,5-10H2,1-4H3/t11-,13+,14+,15+/m1/s1. The Morgan fingerprint density at radius 2 is 1.62 bits per heavy atom. The van der Waals surface area contributed by atoms with Gasteiger partial charge in [0.2, 0.25) is 0 Å². The van der Waals surface area contributed by atoms with Crippen LogP contribution in [0.5, 0.6) is 0 Å². The Hall–Kier alpha value is -0.0400. The zero-order chi connectivity index (χ0) is 11.8. The van der Waals surface area contributed by atoms with E-state index in [0.717, 1.165) is 6.42 Å². The highest BCUT2D eigenvalue weighted by Crippen LogP contribution is 2.80. The van der Waals surface area contributed by atoms with Crippen molar-refractivity contribution in [2.24, 2.45) is 22.2 Å². The van der Waals surface area contributed by atoms with Crippen LogP contribution in [0.4, 0.5) is 0 Å². The summed E-state index contributed by atoms with van der Waals surface area (Å²) in [6.45, 7) is 9.49. The van der Waals surface area contributed by atoms with Crippen molar-refractivity contribution in [2.75, 3.05) is 0 Å². The number of rotatable bonds is 1. The van der Waals surface area contributed by atoms with Crippen LogP contribution in [0.2, 0.25) is 0 Å². The zero-order valence-corrected chi connectivity index (χ0v) is 11.3. The van der Waals surface area contributed by atoms with Crippen LogP contribution in [-0.2, 0) is 0 Å². The van der Waals surface area contributed by atoms with E-state index in [-0.39, 0.29) is 5.60 Å². The summed E-state index contributed by atoms with van der Waals surface area (Å²) in [7, 11) is 0. The first-order valence-electron chi connectivity index (χ1n) is 6.98. The van der Waals surface area contributed by atoms with Gasteiger partial charge in [0.1, 0.15) is 0 Å². The highest BCUT2D eigenvalue weighted by molar-refractivity contribution is 5.24. The third-order valence-electron chi connectivity index (χ3n) is 6.97. The predicted octanol–water partition coefficient (Wildman–Crippen LogP) is 3.75. The molecule has 0 heterocycles. The van der Waals surface area contributed by atoms with E-state index in [1.807, 2.05) is 0 Å². The molecule has 0 unspecified atom stereocenters. The number of fused-ring (bicyclic) bond motifs is 1. The smallest absolute Gasteiger partial charge is 0.0653 e. The SMILES string of the molecule is CC1(C)CCC[C@]1(C)[C@]12CC[C@](C)(O)[C@H]1C2. The predicted molar refractivity (Wildman–Crippen MR) is 66.1 cm³/mol. The van der Waals surface area contributed by atoms with Crippen LogP contribution < -0.4 is 0 Å². The summed E-state index contributed by atoms with van der Waals surface area (Å²) in [4.78, 5) is 0. The van der Waals surface area contributed by atoms with Gasteiger partial charge in [-0.2, -0.15) is 0 Å². The van der Waals surface area contributed by atoms with Gasteiger partial charge in [-0.05, 0) is 61.2 Å². The summed E-state index contributed by atoms with van der Waals surface area (Å²) >= 11 is 0. The summed E-state index contributed by atoms with van der Waals surface area (Å²) in [5.74, 6) is 0.599. The molecule has 0 bridgehead atoms. The van der Waals surface area contributed by atoms with Gasteiger partial charge in [0.15, 0.2) is 0 Å². The molecule has 3 aliphatic carbocycles. The molecule has 4 atom stereocenters. The van der Waals surface area contributed by atoms with Gasteiger partial charge < -0.3 is 5.11 Å². The van der Waals surface area contributed by atoms with Crippen LogP contribution in [-0.4, -0.2) is 10.7 Å². The molecule has 0 aromatic carbocycles. The van der Waals surface area contributed by atoms with E-state index < -0.39 is 0 Å². The molecule has 16 heavy (non-hydrogen) atoms. The molecule has 0 aromatic rings. The zero-order valence-electron chi connectivity index (χ0n) is 11.3. The van der Waals surface area contributed by atoms with E-state index in [1.54, 1.807) is 0 Å². The van der Waals surface area contributed by atoms with Crippen molar-refractivity contribution >= 4 is 0 Å². The molecular weight excluding hydrogens is 196 g/mol. The first kappa shape index (κ1) is 11.1. The Labute approximate surface area is 99.6 Å². The Bertz CT molecular complexity index is 330. The van der Waals surface area contributed by atoms with Gasteiger partial charge in [-0.15, -0.1) is 0 Å². The quantitative estimate of drug-likeness (QED) is 0.716. The van der Waals surface area contributed by atoms with Crippen LogP contribution >= 0.6 is 0 Å². The van der Waals surface area contributed by atoms with Crippen molar-refractivity contribution < 1.29 is 5.11 Å². The molecule has 92 valence electrons. The van der Waals surface area contributed by atoms with Crippen molar-refractivity contribution in [3.8, 4) is 0 Å². The minimum Gasteiger partial charge on any atom is -0.390 e. The van der Waals surface area contributed by atoms with Gasteiger partial charge in [-0.3, -0.25) is 0 Å². The monoisotopic (exact) mass is 222 g/mol. The average Bonchev–Trinajstić information content (AvgIpc) is 2.78.